The fraction of sp³-hybridized carbons (Fsp3) is 0.615. The van der Waals surface area contributed by atoms with Gasteiger partial charge >= 0.3 is 0 Å². The molecule has 5 heteroatoms. The maximum absolute atomic E-state index is 9.17. The minimum Gasteiger partial charge on any atom is -0.395 e. The highest BCUT2D eigenvalue weighted by Crippen LogP contribution is 2.24. The number of nitrogens with one attached hydrogen (secondary N) is 1. The first kappa shape index (κ1) is 13.3. The molecule has 1 aromatic heterocycles. The molecule has 0 spiro atoms. The van der Waals surface area contributed by atoms with Gasteiger partial charge in [0.25, 0.3) is 0 Å². The molecule has 0 aromatic carbocycles. The Balaban J connectivity index is 1.98. The number of nitrogens with two attached hydrogens (primary N) is 1. The topological polar surface area (TPSA) is 74.4 Å². The van der Waals surface area contributed by atoms with Crippen molar-refractivity contribution in [1.82, 2.24) is 9.88 Å². The number of nitrogen functional groups attached to an aromatic ring is 1. The van der Waals surface area contributed by atoms with E-state index in [9.17, 15) is 5.11 Å². The van der Waals surface area contributed by atoms with Gasteiger partial charge < -0.3 is 10.5 Å². The summed E-state index contributed by atoms with van der Waals surface area (Å²) < 4.78 is 0. The normalized spacial score (nSPS) is 16.4. The molecule has 100 valence electrons. The smallest absolute Gasteiger partial charge is 0.139 e. The third-order valence-corrected chi connectivity index (χ3v) is 3.59. The summed E-state index contributed by atoms with van der Waals surface area (Å²) in [6.45, 7) is 1.80. The van der Waals surface area contributed by atoms with Gasteiger partial charge in [-0.3, -0.25) is 4.90 Å². The summed E-state index contributed by atoms with van der Waals surface area (Å²) in [5, 5.41) is 9.17. The molecule has 2 rings (SSSR count). The Morgan fingerprint density at radius 2 is 2.17 bits per heavy atom. The summed E-state index contributed by atoms with van der Waals surface area (Å²) in [5.74, 6) is 5.97. The molecule has 0 saturated heterocycles. The lowest BCUT2D eigenvalue weighted by Gasteiger charge is -2.28. The lowest BCUT2D eigenvalue weighted by molar-refractivity contribution is 0.144. The summed E-state index contributed by atoms with van der Waals surface area (Å²) in [6.07, 6.45) is 6.95. The first-order chi connectivity index (χ1) is 8.83. The number of nitrogens with zero attached hydrogens (tertiary/aromatic N) is 2. The van der Waals surface area contributed by atoms with Gasteiger partial charge in [0.15, 0.2) is 0 Å². The Bertz CT molecular complexity index is 349. The van der Waals surface area contributed by atoms with Gasteiger partial charge in [-0.2, -0.15) is 0 Å². The van der Waals surface area contributed by atoms with Gasteiger partial charge in [0.05, 0.1) is 6.61 Å². The Hall–Kier alpha value is -1.17. The Labute approximate surface area is 108 Å². The molecule has 1 saturated carbocycles. The van der Waals surface area contributed by atoms with Gasteiger partial charge in [-0.05, 0) is 24.5 Å². The van der Waals surface area contributed by atoms with E-state index in [1.54, 1.807) is 0 Å². The number of anilines is 1. The number of aliphatic hydroxyl groups is 1. The van der Waals surface area contributed by atoms with Crippen molar-refractivity contribution in [3.05, 3.63) is 23.9 Å². The van der Waals surface area contributed by atoms with Crippen LogP contribution in [0.5, 0.6) is 0 Å². The summed E-state index contributed by atoms with van der Waals surface area (Å²) in [7, 11) is 0. The van der Waals surface area contributed by atoms with E-state index in [1.165, 1.54) is 25.7 Å². The second kappa shape index (κ2) is 6.68. The molecule has 18 heavy (non-hydrogen) atoms. The van der Waals surface area contributed by atoms with Crippen LogP contribution in [0.1, 0.15) is 31.2 Å². The van der Waals surface area contributed by atoms with Crippen molar-refractivity contribution in [1.29, 1.82) is 0 Å². The van der Waals surface area contributed by atoms with Gasteiger partial charge in [0.1, 0.15) is 5.82 Å². The molecule has 1 aliphatic rings. The van der Waals surface area contributed by atoms with Crippen LogP contribution in [0.4, 0.5) is 5.82 Å². The number of rotatable bonds is 6. The van der Waals surface area contributed by atoms with Crippen LogP contribution >= 0.6 is 0 Å². The van der Waals surface area contributed by atoms with Crippen LogP contribution in [-0.2, 0) is 6.54 Å². The summed E-state index contributed by atoms with van der Waals surface area (Å²) in [6, 6.07) is 4.52. The first-order valence-electron chi connectivity index (χ1n) is 6.60. The maximum atomic E-state index is 9.17. The lowest BCUT2D eigenvalue weighted by Crippen LogP contribution is -2.35. The van der Waals surface area contributed by atoms with Crippen LogP contribution in [0.3, 0.4) is 0 Å². The minimum absolute atomic E-state index is 0.215. The molecular weight excluding hydrogens is 228 g/mol. The SMILES string of the molecule is NNc1ccc(CN(CCO)C2CCCC2)cn1. The number of aromatic nitrogens is 1. The minimum atomic E-state index is 0.215. The van der Waals surface area contributed by atoms with Crippen molar-refractivity contribution in [3.8, 4) is 0 Å². The van der Waals surface area contributed by atoms with Gasteiger partial charge in [-0.25, -0.2) is 10.8 Å². The molecular formula is C13H22N4O. The van der Waals surface area contributed by atoms with E-state index in [0.29, 0.717) is 11.9 Å². The van der Waals surface area contributed by atoms with Crippen LogP contribution in [0.2, 0.25) is 0 Å². The predicted molar refractivity (Wildman–Crippen MR) is 71.8 cm³/mol. The van der Waals surface area contributed by atoms with Gasteiger partial charge in [0.2, 0.25) is 0 Å². The van der Waals surface area contributed by atoms with Gasteiger partial charge in [0, 0.05) is 25.3 Å². The standard InChI is InChI=1S/C13H22N4O/c14-16-13-6-5-11(9-15-13)10-17(7-8-18)12-3-1-2-4-12/h5-6,9,12,18H,1-4,7-8,10,14H2,(H,15,16). The Morgan fingerprint density at radius 3 is 2.72 bits per heavy atom. The highest BCUT2D eigenvalue weighted by atomic mass is 16.3. The van der Waals surface area contributed by atoms with Crippen molar-refractivity contribution in [2.45, 2.75) is 38.3 Å². The zero-order chi connectivity index (χ0) is 12.8. The summed E-state index contributed by atoms with van der Waals surface area (Å²) in [5.41, 5.74) is 3.68. The lowest BCUT2D eigenvalue weighted by atomic mass is 10.1. The number of pyridine rings is 1. The molecule has 0 unspecified atom stereocenters. The fourth-order valence-corrected chi connectivity index (χ4v) is 2.63. The second-order valence-electron chi connectivity index (χ2n) is 4.83. The number of hydrazine groups is 1. The zero-order valence-electron chi connectivity index (χ0n) is 10.7. The average Bonchev–Trinajstić information content (AvgIpc) is 2.93. The second-order valence-corrected chi connectivity index (χ2v) is 4.83. The Morgan fingerprint density at radius 1 is 1.39 bits per heavy atom. The molecule has 0 aliphatic heterocycles. The fourth-order valence-electron chi connectivity index (χ4n) is 2.63. The first-order valence-corrected chi connectivity index (χ1v) is 6.60. The highest BCUT2D eigenvalue weighted by Gasteiger charge is 2.22. The molecule has 0 atom stereocenters. The van der Waals surface area contributed by atoms with E-state index in [4.69, 9.17) is 5.84 Å². The largest absolute Gasteiger partial charge is 0.395 e. The van der Waals surface area contributed by atoms with E-state index in [1.807, 2.05) is 18.3 Å². The van der Waals surface area contributed by atoms with E-state index < -0.39 is 0 Å². The molecule has 1 heterocycles. The van der Waals surface area contributed by atoms with Gasteiger partial charge in [-0.15, -0.1) is 0 Å². The van der Waals surface area contributed by atoms with Crippen molar-refractivity contribution < 1.29 is 5.11 Å². The summed E-state index contributed by atoms with van der Waals surface area (Å²) in [4.78, 5) is 6.57. The molecule has 1 aliphatic carbocycles. The average molecular weight is 250 g/mol. The molecule has 1 fully saturated rings. The van der Waals surface area contributed by atoms with Crippen LogP contribution in [-0.4, -0.2) is 34.2 Å². The van der Waals surface area contributed by atoms with Crippen LogP contribution in [0.25, 0.3) is 0 Å². The van der Waals surface area contributed by atoms with Crippen LogP contribution in [0.15, 0.2) is 18.3 Å². The van der Waals surface area contributed by atoms with Crippen molar-refractivity contribution in [3.63, 3.8) is 0 Å². The molecule has 0 bridgehead atoms. The summed E-state index contributed by atoms with van der Waals surface area (Å²) >= 11 is 0. The van der Waals surface area contributed by atoms with E-state index >= 15 is 0 Å². The molecule has 5 nitrogen and oxygen atoms in total. The molecule has 0 amide bonds. The third kappa shape index (κ3) is 3.41. The molecule has 1 aromatic rings. The predicted octanol–water partition coefficient (Wildman–Crippen LogP) is 1.10. The number of hydrogen-bond donors (Lipinski definition) is 3. The molecule has 4 N–H and O–H groups in total. The third-order valence-electron chi connectivity index (χ3n) is 3.59. The van der Waals surface area contributed by atoms with Crippen molar-refractivity contribution in [2.24, 2.45) is 5.84 Å². The van der Waals surface area contributed by atoms with E-state index in [2.05, 4.69) is 15.3 Å². The van der Waals surface area contributed by atoms with Crippen molar-refractivity contribution >= 4 is 5.82 Å². The van der Waals surface area contributed by atoms with Crippen molar-refractivity contribution in [2.75, 3.05) is 18.6 Å². The monoisotopic (exact) mass is 250 g/mol. The van der Waals surface area contributed by atoms with Gasteiger partial charge in [-0.1, -0.05) is 18.9 Å². The van der Waals surface area contributed by atoms with Crippen LogP contribution < -0.4 is 11.3 Å². The number of aliphatic hydroxyl groups excluding tert-OH is 1. The highest BCUT2D eigenvalue weighted by molar-refractivity contribution is 5.33. The van der Waals surface area contributed by atoms with Crippen LogP contribution in [0, 0.1) is 0 Å². The molecule has 0 radical (unpaired) electrons. The van der Waals surface area contributed by atoms with E-state index in [-0.39, 0.29) is 6.61 Å². The quantitative estimate of drug-likeness (QED) is 0.521. The number of hydrogen-bond acceptors (Lipinski definition) is 5. The maximum Gasteiger partial charge on any atom is 0.139 e. The Kier molecular flexibility index (Phi) is 4.92. The zero-order valence-corrected chi connectivity index (χ0v) is 10.7. The van der Waals surface area contributed by atoms with E-state index in [0.717, 1.165) is 18.7 Å².